The molecule has 2 aromatic rings. The maximum absolute atomic E-state index is 12.3. The number of hydrogen-bond acceptors (Lipinski definition) is 6. The van der Waals surface area contributed by atoms with Crippen LogP contribution in [0, 0.1) is 0 Å². The Kier molecular flexibility index (Phi) is 4.45. The van der Waals surface area contributed by atoms with Gasteiger partial charge in [-0.05, 0) is 17.7 Å². The number of nitrogens with one attached hydrogen (secondary N) is 1. The first-order valence-corrected chi connectivity index (χ1v) is 6.19. The number of nitrogens with zero attached hydrogens (tertiary/aromatic N) is 2. The first-order chi connectivity index (χ1) is 9.19. The van der Waals surface area contributed by atoms with E-state index in [4.69, 9.17) is 4.74 Å². The molecule has 0 saturated carbocycles. The summed E-state index contributed by atoms with van der Waals surface area (Å²) in [5, 5.41) is 11.2. The van der Waals surface area contributed by atoms with Crippen LogP contribution in [0.2, 0.25) is 0 Å². The van der Waals surface area contributed by atoms with Crippen LogP contribution in [0.5, 0.6) is 11.5 Å². The van der Waals surface area contributed by atoms with Crippen molar-refractivity contribution >= 4 is 16.5 Å². The highest BCUT2D eigenvalue weighted by molar-refractivity contribution is 7.13. The minimum Gasteiger partial charge on any atom is -0.493 e. The molecule has 0 fully saturated rings. The molecule has 1 N–H and O–H groups in total. The van der Waals surface area contributed by atoms with Gasteiger partial charge < -0.3 is 14.8 Å². The van der Waals surface area contributed by atoms with Crippen molar-refractivity contribution in [1.29, 1.82) is 0 Å². The van der Waals surface area contributed by atoms with E-state index in [-0.39, 0.29) is 11.5 Å². The Morgan fingerprint density at radius 1 is 1.37 bits per heavy atom. The van der Waals surface area contributed by atoms with Crippen LogP contribution in [-0.4, -0.2) is 23.9 Å². The minimum atomic E-state index is -2.89. The molecule has 0 amide bonds. The normalized spacial score (nSPS) is 10.5. The molecule has 2 rings (SSSR count). The fraction of sp³-hybridized carbons (Fsp3) is 0.273. The van der Waals surface area contributed by atoms with E-state index in [0.29, 0.717) is 11.7 Å². The molecule has 102 valence electrons. The van der Waals surface area contributed by atoms with E-state index < -0.39 is 6.61 Å². The lowest BCUT2D eigenvalue weighted by atomic mass is 10.2. The van der Waals surface area contributed by atoms with Crippen molar-refractivity contribution in [3.05, 3.63) is 29.3 Å². The number of benzene rings is 1. The third-order valence-electron chi connectivity index (χ3n) is 2.25. The summed E-state index contributed by atoms with van der Waals surface area (Å²) in [6.45, 7) is -2.46. The Morgan fingerprint density at radius 3 is 2.84 bits per heavy atom. The van der Waals surface area contributed by atoms with E-state index in [1.807, 2.05) is 0 Å². The van der Waals surface area contributed by atoms with Crippen LogP contribution in [0.1, 0.15) is 5.56 Å². The monoisotopic (exact) mass is 287 g/mol. The molecule has 19 heavy (non-hydrogen) atoms. The van der Waals surface area contributed by atoms with Gasteiger partial charge in [-0.25, -0.2) is 0 Å². The van der Waals surface area contributed by atoms with Gasteiger partial charge in [0, 0.05) is 6.54 Å². The summed E-state index contributed by atoms with van der Waals surface area (Å²) in [6, 6.07) is 4.83. The molecule has 0 spiro atoms. The van der Waals surface area contributed by atoms with Gasteiger partial charge in [-0.1, -0.05) is 17.4 Å². The van der Waals surface area contributed by atoms with Crippen molar-refractivity contribution in [2.75, 3.05) is 12.4 Å². The summed E-state index contributed by atoms with van der Waals surface area (Å²) in [5.41, 5.74) is 2.37. The largest absolute Gasteiger partial charge is 0.493 e. The van der Waals surface area contributed by atoms with Gasteiger partial charge >= 0.3 is 6.61 Å². The lowest BCUT2D eigenvalue weighted by Crippen LogP contribution is -2.05. The third kappa shape index (κ3) is 3.75. The predicted octanol–water partition coefficient (Wildman–Crippen LogP) is 2.76. The van der Waals surface area contributed by atoms with Crippen molar-refractivity contribution in [3.63, 3.8) is 0 Å². The van der Waals surface area contributed by atoms with Crippen molar-refractivity contribution in [2.24, 2.45) is 0 Å². The highest BCUT2D eigenvalue weighted by Crippen LogP contribution is 2.29. The third-order valence-corrected chi connectivity index (χ3v) is 2.90. The van der Waals surface area contributed by atoms with E-state index in [0.717, 1.165) is 5.56 Å². The van der Waals surface area contributed by atoms with Crippen LogP contribution < -0.4 is 14.8 Å². The van der Waals surface area contributed by atoms with Crippen LogP contribution in [-0.2, 0) is 6.54 Å². The maximum Gasteiger partial charge on any atom is 0.387 e. The second-order valence-corrected chi connectivity index (χ2v) is 4.29. The number of hydrogen-bond donors (Lipinski definition) is 1. The van der Waals surface area contributed by atoms with E-state index in [2.05, 4.69) is 20.3 Å². The quantitative estimate of drug-likeness (QED) is 0.885. The average Bonchev–Trinajstić information content (AvgIpc) is 2.89. The van der Waals surface area contributed by atoms with Crippen LogP contribution in [0.4, 0.5) is 13.9 Å². The molecule has 1 heterocycles. The van der Waals surface area contributed by atoms with Gasteiger partial charge in [0.25, 0.3) is 0 Å². The molecule has 1 aromatic heterocycles. The number of rotatable bonds is 6. The highest BCUT2D eigenvalue weighted by atomic mass is 32.1. The second-order valence-electron chi connectivity index (χ2n) is 3.46. The average molecular weight is 287 g/mol. The Hall–Kier alpha value is -1.96. The zero-order valence-corrected chi connectivity index (χ0v) is 10.8. The standard InChI is InChI=1S/C11H11F2N3O2S/c1-17-8-3-2-7(4-9(8)18-10(12)13)5-14-11-16-15-6-19-11/h2-4,6,10H,5H2,1H3,(H,14,16). The Bertz CT molecular complexity index is 523. The van der Waals surface area contributed by atoms with Crippen molar-refractivity contribution in [1.82, 2.24) is 10.2 Å². The summed E-state index contributed by atoms with van der Waals surface area (Å²) >= 11 is 1.36. The molecule has 0 bridgehead atoms. The number of halogens is 2. The summed E-state index contributed by atoms with van der Waals surface area (Å²) in [7, 11) is 1.40. The highest BCUT2D eigenvalue weighted by Gasteiger charge is 2.11. The number of alkyl halides is 2. The molecule has 5 nitrogen and oxygen atoms in total. The molecule has 0 saturated heterocycles. The topological polar surface area (TPSA) is 56.3 Å². The number of methoxy groups -OCH3 is 1. The number of aromatic nitrogens is 2. The van der Waals surface area contributed by atoms with Gasteiger partial charge in [0.2, 0.25) is 5.13 Å². The molecular weight excluding hydrogens is 276 g/mol. The predicted molar refractivity (Wildman–Crippen MR) is 66.9 cm³/mol. The van der Waals surface area contributed by atoms with E-state index in [9.17, 15) is 8.78 Å². The lowest BCUT2D eigenvalue weighted by Gasteiger charge is -2.11. The van der Waals surface area contributed by atoms with Gasteiger partial charge in [0.1, 0.15) is 5.51 Å². The number of ether oxygens (including phenoxy) is 2. The summed E-state index contributed by atoms with van der Waals surface area (Å²) in [4.78, 5) is 0. The molecule has 0 atom stereocenters. The van der Waals surface area contributed by atoms with Crippen molar-refractivity contribution in [2.45, 2.75) is 13.2 Å². The van der Waals surface area contributed by atoms with Crippen LogP contribution >= 0.6 is 11.3 Å². The number of anilines is 1. The zero-order chi connectivity index (χ0) is 13.7. The summed E-state index contributed by atoms with van der Waals surface area (Å²) in [5.74, 6) is 0.272. The fourth-order valence-electron chi connectivity index (χ4n) is 1.45. The first-order valence-electron chi connectivity index (χ1n) is 5.31. The van der Waals surface area contributed by atoms with E-state index in [1.165, 1.54) is 24.5 Å². The molecule has 0 aliphatic rings. The summed E-state index contributed by atoms with van der Waals surface area (Å²) < 4.78 is 33.9. The van der Waals surface area contributed by atoms with Gasteiger partial charge in [0.15, 0.2) is 11.5 Å². The van der Waals surface area contributed by atoms with E-state index >= 15 is 0 Å². The molecular formula is C11H11F2N3O2S. The Balaban J connectivity index is 2.08. The first kappa shape index (κ1) is 13.5. The minimum absolute atomic E-state index is 0.00839. The maximum atomic E-state index is 12.3. The molecule has 0 aliphatic heterocycles. The van der Waals surface area contributed by atoms with E-state index in [1.54, 1.807) is 17.6 Å². The molecule has 0 aliphatic carbocycles. The Morgan fingerprint density at radius 2 is 2.21 bits per heavy atom. The molecule has 1 aromatic carbocycles. The molecule has 0 radical (unpaired) electrons. The van der Waals surface area contributed by atoms with Crippen LogP contribution in [0.25, 0.3) is 0 Å². The molecule has 8 heteroatoms. The van der Waals surface area contributed by atoms with Crippen molar-refractivity contribution < 1.29 is 18.3 Å². The zero-order valence-electron chi connectivity index (χ0n) is 9.97. The van der Waals surface area contributed by atoms with Gasteiger partial charge in [-0.2, -0.15) is 8.78 Å². The van der Waals surface area contributed by atoms with Crippen LogP contribution in [0.15, 0.2) is 23.7 Å². The van der Waals surface area contributed by atoms with Gasteiger partial charge in [-0.3, -0.25) is 0 Å². The smallest absolute Gasteiger partial charge is 0.387 e. The Labute approximate surface area is 112 Å². The van der Waals surface area contributed by atoms with Crippen LogP contribution in [0.3, 0.4) is 0 Å². The van der Waals surface area contributed by atoms with Gasteiger partial charge in [-0.15, -0.1) is 10.2 Å². The lowest BCUT2D eigenvalue weighted by molar-refractivity contribution is -0.0512. The SMILES string of the molecule is COc1ccc(CNc2nncs2)cc1OC(F)F. The van der Waals surface area contributed by atoms with Crippen molar-refractivity contribution in [3.8, 4) is 11.5 Å². The van der Waals surface area contributed by atoms with Gasteiger partial charge in [0.05, 0.1) is 7.11 Å². The second kappa shape index (κ2) is 6.28. The summed E-state index contributed by atoms with van der Waals surface area (Å²) in [6.07, 6.45) is 0. The molecule has 0 unspecified atom stereocenters. The fourth-order valence-corrected chi connectivity index (χ4v) is 1.89.